The van der Waals surface area contributed by atoms with Crippen molar-refractivity contribution < 1.29 is 4.21 Å². The summed E-state index contributed by atoms with van der Waals surface area (Å²) in [4.78, 5) is 0.864. The molecule has 0 radical (unpaired) electrons. The van der Waals surface area contributed by atoms with Crippen LogP contribution in [0.5, 0.6) is 0 Å². The Labute approximate surface area is 81.6 Å². The summed E-state index contributed by atoms with van der Waals surface area (Å²) in [5.74, 6) is 1.17. The van der Waals surface area contributed by atoms with E-state index < -0.39 is 10.8 Å². The van der Waals surface area contributed by atoms with Gasteiger partial charge in [0.05, 0.1) is 10.8 Å². The molecule has 0 amide bonds. The first-order valence-corrected chi connectivity index (χ1v) is 5.65. The third kappa shape index (κ3) is 3.19. The third-order valence-corrected chi connectivity index (χ3v) is 3.40. The highest BCUT2D eigenvalue weighted by molar-refractivity contribution is 7.85. The van der Waals surface area contributed by atoms with E-state index in [9.17, 15) is 4.21 Å². The first-order valence-electron chi connectivity index (χ1n) is 4.33. The number of nitrogen functional groups attached to an aromatic ring is 1. The zero-order valence-electron chi connectivity index (χ0n) is 7.99. The van der Waals surface area contributed by atoms with Gasteiger partial charge in [-0.1, -0.05) is 13.8 Å². The normalized spacial score (nSPS) is 13.2. The first-order chi connectivity index (χ1) is 6.09. The number of anilines is 1. The van der Waals surface area contributed by atoms with Gasteiger partial charge in [0.2, 0.25) is 0 Å². The molecule has 0 aromatic heterocycles. The Morgan fingerprint density at radius 2 is 1.85 bits per heavy atom. The quantitative estimate of drug-likeness (QED) is 0.753. The molecule has 0 fully saturated rings. The van der Waals surface area contributed by atoms with E-state index in [4.69, 9.17) is 5.73 Å². The van der Waals surface area contributed by atoms with Crippen LogP contribution < -0.4 is 5.73 Å². The smallest absolute Gasteiger partial charge is 0.0532 e. The summed E-state index contributed by atoms with van der Waals surface area (Å²) in [6.07, 6.45) is 0. The maximum atomic E-state index is 11.6. The van der Waals surface area contributed by atoms with Crippen LogP contribution in [0, 0.1) is 5.92 Å². The number of nitrogens with two attached hydrogens (primary N) is 1. The predicted octanol–water partition coefficient (Wildman–Crippen LogP) is 2.03. The van der Waals surface area contributed by atoms with E-state index in [1.807, 2.05) is 12.1 Å². The molecule has 72 valence electrons. The van der Waals surface area contributed by atoms with Crippen molar-refractivity contribution in [2.75, 3.05) is 11.5 Å². The van der Waals surface area contributed by atoms with Crippen LogP contribution in [0.15, 0.2) is 29.2 Å². The van der Waals surface area contributed by atoms with Crippen molar-refractivity contribution in [2.24, 2.45) is 5.92 Å². The molecular formula is C10H15NOS. The molecule has 13 heavy (non-hydrogen) atoms. The van der Waals surface area contributed by atoms with E-state index in [2.05, 4.69) is 13.8 Å². The van der Waals surface area contributed by atoms with Crippen LogP contribution in [0.1, 0.15) is 13.8 Å². The van der Waals surface area contributed by atoms with Crippen molar-refractivity contribution in [2.45, 2.75) is 18.7 Å². The highest BCUT2D eigenvalue weighted by Gasteiger charge is 2.05. The SMILES string of the molecule is CC(C)CS(=O)c1ccc(N)cc1. The summed E-state index contributed by atoms with van der Waals surface area (Å²) < 4.78 is 11.6. The van der Waals surface area contributed by atoms with Gasteiger partial charge in [-0.05, 0) is 30.2 Å². The van der Waals surface area contributed by atoms with Gasteiger partial charge in [0.25, 0.3) is 0 Å². The Bertz CT molecular complexity index is 292. The van der Waals surface area contributed by atoms with Crippen molar-refractivity contribution >= 4 is 16.5 Å². The van der Waals surface area contributed by atoms with Gasteiger partial charge in [0.15, 0.2) is 0 Å². The lowest BCUT2D eigenvalue weighted by molar-refractivity contribution is 0.665. The molecule has 0 bridgehead atoms. The number of benzene rings is 1. The average molecular weight is 197 g/mol. The molecule has 3 heteroatoms. The average Bonchev–Trinajstić information content (AvgIpc) is 2.04. The largest absolute Gasteiger partial charge is 0.399 e. The van der Waals surface area contributed by atoms with Crippen LogP contribution in [0.25, 0.3) is 0 Å². The minimum atomic E-state index is -0.877. The van der Waals surface area contributed by atoms with Crippen molar-refractivity contribution in [1.82, 2.24) is 0 Å². The lowest BCUT2D eigenvalue weighted by Crippen LogP contribution is -2.04. The lowest BCUT2D eigenvalue weighted by atomic mass is 10.3. The Morgan fingerprint density at radius 1 is 1.31 bits per heavy atom. The molecule has 0 heterocycles. The van der Waals surface area contributed by atoms with Crippen LogP contribution in [0.3, 0.4) is 0 Å². The Balaban J connectivity index is 2.72. The molecule has 2 nitrogen and oxygen atoms in total. The van der Waals surface area contributed by atoms with Gasteiger partial charge in [-0.25, -0.2) is 0 Å². The van der Waals surface area contributed by atoms with Crippen molar-refractivity contribution in [1.29, 1.82) is 0 Å². The van der Waals surface area contributed by atoms with Crippen molar-refractivity contribution in [3.05, 3.63) is 24.3 Å². The molecule has 0 aliphatic carbocycles. The maximum Gasteiger partial charge on any atom is 0.0532 e. The van der Waals surface area contributed by atoms with Crippen LogP contribution in [-0.4, -0.2) is 9.96 Å². The molecule has 0 aliphatic heterocycles. The van der Waals surface area contributed by atoms with E-state index in [1.54, 1.807) is 12.1 Å². The van der Waals surface area contributed by atoms with Crippen molar-refractivity contribution in [3.8, 4) is 0 Å². The third-order valence-electron chi connectivity index (χ3n) is 1.63. The Morgan fingerprint density at radius 3 is 2.31 bits per heavy atom. The van der Waals surface area contributed by atoms with Gasteiger partial charge in [-0.2, -0.15) is 0 Å². The Kier molecular flexibility index (Phi) is 3.48. The standard InChI is InChI=1S/C10H15NOS/c1-8(2)7-13(12)10-5-3-9(11)4-6-10/h3-6,8H,7,11H2,1-2H3. The van der Waals surface area contributed by atoms with Crippen LogP contribution in [0.2, 0.25) is 0 Å². The minimum absolute atomic E-state index is 0.457. The summed E-state index contributed by atoms with van der Waals surface area (Å²) in [6, 6.07) is 7.22. The molecule has 0 saturated carbocycles. The van der Waals surface area contributed by atoms with Crippen molar-refractivity contribution in [3.63, 3.8) is 0 Å². The fourth-order valence-corrected chi connectivity index (χ4v) is 2.26. The van der Waals surface area contributed by atoms with Gasteiger partial charge >= 0.3 is 0 Å². The van der Waals surface area contributed by atoms with Gasteiger partial charge < -0.3 is 5.73 Å². The van der Waals surface area contributed by atoms with Gasteiger partial charge in [-0.3, -0.25) is 4.21 Å². The number of rotatable bonds is 3. The molecule has 1 atom stereocenters. The lowest BCUT2D eigenvalue weighted by Gasteiger charge is -2.04. The zero-order valence-corrected chi connectivity index (χ0v) is 8.80. The van der Waals surface area contributed by atoms with E-state index in [0.29, 0.717) is 17.4 Å². The molecular weight excluding hydrogens is 182 g/mol. The molecule has 1 aromatic carbocycles. The summed E-state index contributed by atoms with van der Waals surface area (Å²) in [6.45, 7) is 4.13. The summed E-state index contributed by atoms with van der Waals surface area (Å²) in [5, 5.41) is 0. The van der Waals surface area contributed by atoms with E-state index in [1.165, 1.54) is 0 Å². The van der Waals surface area contributed by atoms with Crippen LogP contribution >= 0.6 is 0 Å². The fraction of sp³-hybridized carbons (Fsp3) is 0.400. The molecule has 1 aromatic rings. The summed E-state index contributed by atoms with van der Waals surface area (Å²) in [5.41, 5.74) is 6.24. The molecule has 0 saturated heterocycles. The highest BCUT2D eigenvalue weighted by Crippen LogP contribution is 2.11. The molecule has 2 N–H and O–H groups in total. The number of hydrogen-bond donors (Lipinski definition) is 1. The zero-order chi connectivity index (χ0) is 9.84. The second kappa shape index (κ2) is 4.42. The molecule has 0 spiro atoms. The minimum Gasteiger partial charge on any atom is -0.399 e. The monoisotopic (exact) mass is 197 g/mol. The van der Waals surface area contributed by atoms with Crippen LogP contribution in [-0.2, 0) is 10.8 Å². The first kappa shape index (κ1) is 10.3. The van der Waals surface area contributed by atoms with E-state index in [0.717, 1.165) is 4.90 Å². The molecule has 1 unspecified atom stereocenters. The Hall–Kier alpha value is -0.830. The molecule has 1 rings (SSSR count). The topological polar surface area (TPSA) is 43.1 Å². The van der Waals surface area contributed by atoms with Gasteiger partial charge in [-0.15, -0.1) is 0 Å². The second-order valence-corrected chi connectivity index (χ2v) is 4.97. The highest BCUT2D eigenvalue weighted by atomic mass is 32.2. The fourth-order valence-electron chi connectivity index (χ4n) is 1.02. The van der Waals surface area contributed by atoms with Gasteiger partial charge in [0.1, 0.15) is 0 Å². The second-order valence-electron chi connectivity index (χ2n) is 3.48. The summed E-state index contributed by atoms with van der Waals surface area (Å²) >= 11 is 0. The predicted molar refractivity (Wildman–Crippen MR) is 57.0 cm³/mol. The summed E-state index contributed by atoms with van der Waals surface area (Å²) in [7, 11) is -0.877. The van der Waals surface area contributed by atoms with Crippen LogP contribution in [0.4, 0.5) is 5.69 Å². The van der Waals surface area contributed by atoms with E-state index >= 15 is 0 Å². The molecule has 0 aliphatic rings. The van der Waals surface area contributed by atoms with E-state index in [-0.39, 0.29) is 0 Å². The van der Waals surface area contributed by atoms with Gasteiger partial charge in [0, 0.05) is 16.3 Å². The number of hydrogen-bond acceptors (Lipinski definition) is 2. The maximum absolute atomic E-state index is 11.6.